The maximum atomic E-state index is 13.0. The summed E-state index contributed by atoms with van der Waals surface area (Å²) >= 11 is 0. The first kappa shape index (κ1) is 23.7. The summed E-state index contributed by atoms with van der Waals surface area (Å²) in [7, 11) is 2.16. The van der Waals surface area contributed by atoms with Crippen LogP contribution in [0.4, 0.5) is 5.82 Å². The molecule has 1 aromatic carbocycles. The highest BCUT2D eigenvalue weighted by atomic mass is 16.1. The lowest BCUT2D eigenvalue weighted by Crippen LogP contribution is -2.48. The van der Waals surface area contributed by atoms with Crippen LogP contribution in [0.2, 0.25) is 0 Å². The lowest BCUT2D eigenvalue weighted by atomic mass is 9.97. The molecule has 9 heteroatoms. The van der Waals surface area contributed by atoms with Gasteiger partial charge in [-0.25, -0.2) is 4.68 Å². The summed E-state index contributed by atoms with van der Waals surface area (Å²) in [5.74, 6) is 0.871. The number of anilines is 1. The fourth-order valence-electron chi connectivity index (χ4n) is 5.28. The standard InChI is InChI=1S/C26H36N8O/c1-19-23-20(2)34(22-9-5-4-6-10-22)30-24(23)25(29-28-19)33-12-7-8-21(18-33)26(35)27-11-13-32-16-14-31(3)15-17-32/h4-6,9-10,21H,7-8,11-18H2,1-3H3,(H,27,35). The zero-order valence-corrected chi connectivity index (χ0v) is 21.1. The Morgan fingerprint density at radius 3 is 2.60 bits per heavy atom. The average Bonchev–Trinajstić information content (AvgIpc) is 3.24. The maximum absolute atomic E-state index is 13.0. The smallest absolute Gasteiger partial charge is 0.224 e. The third kappa shape index (κ3) is 5.01. The van der Waals surface area contributed by atoms with Crippen LogP contribution in [0.3, 0.4) is 0 Å². The molecule has 1 N–H and O–H groups in total. The second-order valence-corrected chi connectivity index (χ2v) is 9.89. The van der Waals surface area contributed by atoms with Gasteiger partial charge in [0.05, 0.1) is 28.4 Å². The second-order valence-electron chi connectivity index (χ2n) is 9.89. The molecule has 0 saturated carbocycles. The van der Waals surface area contributed by atoms with Crippen LogP contribution in [0.25, 0.3) is 16.6 Å². The number of amides is 1. The van der Waals surface area contributed by atoms with Gasteiger partial charge in [-0.1, -0.05) is 18.2 Å². The highest BCUT2D eigenvalue weighted by molar-refractivity contribution is 5.92. The van der Waals surface area contributed by atoms with Crippen molar-refractivity contribution in [2.75, 3.05) is 64.3 Å². The summed E-state index contributed by atoms with van der Waals surface area (Å²) in [5.41, 5.74) is 3.80. The van der Waals surface area contributed by atoms with E-state index in [2.05, 4.69) is 56.3 Å². The first-order valence-corrected chi connectivity index (χ1v) is 12.7. The number of piperidine rings is 1. The Morgan fingerprint density at radius 1 is 1.06 bits per heavy atom. The van der Waals surface area contributed by atoms with Gasteiger partial charge in [0.25, 0.3) is 0 Å². The van der Waals surface area contributed by atoms with Crippen molar-refractivity contribution in [2.24, 2.45) is 5.92 Å². The van der Waals surface area contributed by atoms with E-state index in [1.165, 1.54) is 0 Å². The molecule has 0 spiro atoms. The quantitative estimate of drug-likeness (QED) is 0.583. The molecule has 1 unspecified atom stereocenters. The Balaban J connectivity index is 1.29. The normalized spacial score (nSPS) is 19.9. The van der Waals surface area contributed by atoms with Gasteiger partial charge in [0.1, 0.15) is 5.52 Å². The minimum absolute atomic E-state index is 0.0494. The Kier molecular flexibility index (Phi) is 6.97. The van der Waals surface area contributed by atoms with E-state index in [0.717, 1.165) is 85.9 Å². The van der Waals surface area contributed by atoms with Crippen LogP contribution in [0.1, 0.15) is 24.2 Å². The number of hydrogen-bond acceptors (Lipinski definition) is 7. The van der Waals surface area contributed by atoms with E-state index in [0.29, 0.717) is 13.1 Å². The van der Waals surface area contributed by atoms with Crippen molar-refractivity contribution < 1.29 is 4.79 Å². The first-order chi connectivity index (χ1) is 17.0. The fourth-order valence-corrected chi connectivity index (χ4v) is 5.28. The number of piperazine rings is 1. The second kappa shape index (κ2) is 10.3. The summed E-state index contributed by atoms with van der Waals surface area (Å²) < 4.78 is 1.97. The number of hydrogen-bond donors (Lipinski definition) is 1. The molecule has 0 bridgehead atoms. The Hall–Kier alpha value is -3.04. The van der Waals surface area contributed by atoms with Crippen LogP contribution in [-0.4, -0.2) is 95.1 Å². The van der Waals surface area contributed by atoms with Gasteiger partial charge in [0.2, 0.25) is 5.91 Å². The third-order valence-corrected chi connectivity index (χ3v) is 7.40. The molecule has 1 amide bonds. The number of rotatable bonds is 6. The number of fused-ring (bicyclic) bond motifs is 1. The summed E-state index contributed by atoms with van der Waals surface area (Å²) in [4.78, 5) is 20.0. The van der Waals surface area contributed by atoms with E-state index in [4.69, 9.17) is 5.10 Å². The largest absolute Gasteiger partial charge is 0.355 e. The van der Waals surface area contributed by atoms with Gasteiger partial charge in [-0.3, -0.25) is 9.69 Å². The Morgan fingerprint density at radius 2 is 1.83 bits per heavy atom. The van der Waals surface area contributed by atoms with Crippen molar-refractivity contribution >= 4 is 22.6 Å². The Labute approximate surface area is 207 Å². The number of carbonyl (C=O) groups excluding carboxylic acids is 1. The number of likely N-dealkylation sites (N-methyl/N-ethyl adjacent to an activating group) is 1. The number of para-hydroxylation sites is 1. The molecule has 5 rings (SSSR count). The molecule has 2 aromatic heterocycles. The molecule has 0 radical (unpaired) electrons. The number of carbonyl (C=O) groups is 1. The van der Waals surface area contributed by atoms with Gasteiger partial charge < -0.3 is 15.1 Å². The predicted molar refractivity (Wildman–Crippen MR) is 138 cm³/mol. The van der Waals surface area contributed by atoms with Crippen molar-refractivity contribution in [1.82, 2.24) is 35.1 Å². The molecule has 0 aliphatic carbocycles. The van der Waals surface area contributed by atoms with Crippen molar-refractivity contribution in [3.05, 3.63) is 41.7 Å². The molecule has 35 heavy (non-hydrogen) atoms. The number of benzene rings is 1. The van der Waals surface area contributed by atoms with Crippen molar-refractivity contribution in [2.45, 2.75) is 26.7 Å². The summed E-state index contributed by atoms with van der Waals surface area (Å²) in [6.45, 7) is 11.5. The SMILES string of the molecule is Cc1nnc(N2CCCC(C(=O)NCCN3CCN(C)CC3)C2)c2nn(-c3ccccc3)c(C)c12. The van der Waals surface area contributed by atoms with Crippen LogP contribution in [-0.2, 0) is 4.79 Å². The van der Waals surface area contributed by atoms with Gasteiger partial charge in [0.15, 0.2) is 5.82 Å². The van der Waals surface area contributed by atoms with Crippen molar-refractivity contribution in [3.63, 3.8) is 0 Å². The van der Waals surface area contributed by atoms with E-state index in [-0.39, 0.29) is 11.8 Å². The first-order valence-electron chi connectivity index (χ1n) is 12.7. The molecule has 186 valence electrons. The number of aromatic nitrogens is 4. The van der Waals surface area contributed by atoms with Gasteiger partial charge >= 0.3 is 0 Å². The van der Waals surface area contributed by atoms with E-state index in [1.54, 1.807) is 0 Å². The van der Waals surface area contributed by atoms with E-state index in [9.17, 15) is 4.79 Å². The van der Waals surface area contributed by atoms with Gasteiger partial charge in [0, 0.05) is 52.4 Å². The molecule has 2 aliphatic heterocycles. The van der Waals surface area contributed by atoms with E-state index in [1.807, 2.05) is 29.8 Å². The molecular formula is C26H36N8O. The predicted octanol–water partition coefficient (Wildman–Crippen LogP) is 2.01. The van der Waals surface area contributed by atoms with Gasteiger partial charge in [-0.05, 0) is 45.9 Å². The van der Waals surface area contributed by atoms with Crippen molar-refractivity contribution in [3.8, 4) is 5.69 Å². The molecule has 2 fully saturated rings. The van der Waals surface area contributed by atoms with Crippen LogP contribution < -0.4 is 10.2 Å². The molecule has 1 atom stereocenters. The molecule has 3 aromatic rings. The number of aryl methyl sites for hydroxylation is 2. The number of nitrogens with zero attached hydrogens (tertiary/aromatic N) is 7. The highest BCUT2D eigenvalue weighted by Gasteiger charge is 2.29. The highest BCUT2D eigenvalue weighted by Crippen LogP contribution is 2.31. The van der Waals surface area contributed by atoms with E-state index < -0.39 is 0 Å². The summed E-state index contributed by atoms with van der Waals surface area (Å²) in [6, 6.07) is 10.1. The molecule has 2 saturated heterocycles. The topological polar surface area (TPSA) is 82.4 Å². The summed E-state index contributed by atoms with van der Waals surface area (Å²) in [5, 5.41) is 18.2. The number of nitrogens with one attached hydrogen (secondary N) is 1. The Bertz CT molecular complexity index is 1170. The van der Waals surface area contributed by atoms with Crippen LogP contribution in [0, 0.1) is 19.8 Å². The molecule has 9 nitrogen and oxygen atoms in total. The lowest BCUT2D eigenvalue weighted by Gasteiger charge is -2.34. The minimum Gasteiger partial charge on any atom is -0.355 e. The molecule has 4 heterocycles. The van der Waals surface area contributed by atoms with Gasteiger partial charge in [-0.2, -0.15) is 10.2 Å². The third-order valence-electron chi connectivity index (χ3n) is 7.40. The molecule has 2 aliphatic rings. The summed E-state index contributed by atoms with van der Waals surface area (Å²) in [6.07, 6.45) is 1.85. The van der Waals surface area contributed by atoms with Crippen LogP contribution in [0.5, 0.6) is 0 Å². The van der Waals surface area contributed by atoms with Crippen LogP contribution >= 0.6 is 0 Å². The zero-order chi connectivity index (χ0) is 24.4. The fraction of sp³-hybridized carbons (Fsp3) is 0.538. The minimum atomic E-state index is -0.0494. The lowest BCUT2D eigenvalue weighted by molar-refractivity contribution is -0.125. The zero-order valence-electron chi connectivity index (χ0n) is 21.1. The molecular weight excluding hydrogens is 440 g/mol. The monoisotopic (exact) mass is 476 g/mol. The van der Waals surface area contributed by atoms with Crippen LogP contribution in [0.15, 0.2) is 30.3 Å². The van der Waals surface area contributed by atoms with Crippen molar-refractivity contribution in [1.29, 1.82) is 0 Å². The average molecular weight is 477 g/mol. The van der Waals surface area contributed by atoms with Gasteiger partial charge in [-0.15, -0.1) is 5.10 Å². The maximum Gasteiger partial charge on any atom is 0.224 e. The van der Waals surface area contributed by atoms with E-state index >= 15 is 0 Å².